The Kier molecular flexibility index (Phi) is 6.30. The summed E-state index contributed by atoms with van der Waals surface area (Å²) in [7, 11) is 3.17. The second kappa shape index (κ2) is 9.71. The maximum absolute atomic E-state index is 13.5. The fraction of sp³-hybridized carbons (Fsp3) is 0.154. The van der Waals surface area contributed by atoms with Gasteiger partial charge in [0.2, 0.25) is 5.95 Å². The van der Waals surface area contributed by atoms with Gasteiger partial charge in [-0.1, -0.05) is 23.7 Å². The number of anilines is 2. The van der Waals surface area contributed by atoms with Crippen LogP contribution in [0.5, 0.6) is 11.5 Å². The van der Waals surface area contributed by atoms with Gasteiger partial charge in [0.05, 0.1) is 31.7 Å². The predicted molar refractivity (Wildman–Crippen MR) is 137 cm³/mol. The molecule has 0 fully saturated rings. The Hall–Kier alpha value is -4.37. The van der Waals surface area contributed by atoms with Gasteiger partial charge in [-0.05, 0) is 48.9 Å². The van der Waals surface area contributed by atoms with Crippen molar-refractivity contribution in [3.63, 3.8) is 0 Å². The molecular weight excluding hydrogens is 480 g/mol. The number of hydrogen-bond acceptors (Lipinski definition) is 7. The number of amides is 1. The number of aromatic nitrogens is 4. The van der Waals surface area contributed by atoms with Crippen molar-refractivity contribution in [2.75, 3.05) is 24.9 Å². The molecule has 4 aromatic rings. The van der Waals surface area contributed by atoms with Crippen LogP contribution in [0.3, 0.4) is 0 Å². The van der Waals surface area contributed by atoms with E-state index in [0.717, 1.165) is 5.56 Å². The summed E-state index contributed by atoms with van der Waals surface area (Å²) < 4.78 is 12.5. The molecule has 2 aromatic heterocycles. The fourth-order valence-electron chi connectivity index (χ4n) is 4.09. The van der Waals surface area contributed by atoms with E-state index >= 15 is 0 Å². The molecule has 1 aliphatic rings. The number of ether oxygens (including phenoxy) is 2. The number of pyridine rings is 1. The highest BCUT2D eigenvalue weighted by Crippen LogP contribution is 2.38. The van der Waals surface area contributed by atoms with Crippen molar-refractivity contribution in [2.45, 2.75) is 13.0 Å². The molecule has 0 saturated carbocycles. The van der Waals surface area contributed by atoms with Crippen LogP contribution < -0.4 is 20.1 Å². The summed E-state index contributed by atoms with van der Waals surface area (Å²) in [6.45, 7) is 1.84. The Balaban J connectivity index is 1.61. The van der Waals surface area contributed by atoms with Crippen LogP contribution in [0.25, 0.3) is 11.4 Å². The third kappa shape index (κ3) is 4.48. The molecule has 5 rings (SSSR count). The molecule has 1 aliphatic heterocycles. The zero-order chi connectivity index (χ0) is 25.2. The molecule has 3 heterocycles. The average Bonchev–Trinajstić information content (AvgIpc) is 3.32. The average molecular weight is 503 g/mol. The molecule has 0 aliphatic carbocycles. The van der Waals surface area contributed by atoms with Gasteiger partial charge >= 0.3 is 0 Å². The van der Waals surface area contributed by atoms with Gasteiger partial charge in [-0.15, -0.1) is 5.10 Å². The molecule has 1 atom stereocenters. The molecule has 1 unspecified atom stereocenters. The van der Waals surface area contributed by atoms with Crippen LogP contribution >= 0.6 is 11.6 Å². The van der Waals surface area contributed by atoms with Crippen LogP contribution in [-0.4, -0.2) is 39.9 Å². The zero-order valence-corrected chi connectivity index (χ0v) is 20.6. The minimum atomic E-state index is -0.552. The van der Waals surface area contributed by atoms with Crippen LogP contribution in [0.15, 0.2) is 78.3 Å². The monoisotopic (exact) mass is 502 g/mol. The van der Waals surface area contributed by atoms with Gasteiger partial charge in [0, 0.05) is 28.5 Å². The maximum Gasteiger partial charge on any atom is 0.255 e. The zero-order valence-electron chi connectivity index (χ0n) is 19.8. The summed E-state index contributed by atoms with van der Waals surface area (Å²) in [5, 5.41) is 11.6. The quantitative estimate of drug-likeness (QED) is 0.385. The van der Waals surface area contributed by atoms with Crippen molar-refractivity contribution in [1.29, 1.82) is 0 Å². The number of benzene rings is 2. The number of halogens is 1. The first-order valence-corrected chi connectivity index (χ1v) is 11.5. The van der Waals surface area contributed by atoms with E-state index in [4.69, 9.17) is 31.2 Å². The Bertz CT molecular complexity index is 1430. The topological polar surface area (TPSA) is 103 Å². The first-order chi connectivity index (χ1) is 17.5. The highest BCUT2D eigenvalue weighted by atomic mass is 35.5. The molecule has 2 N–H and O–H groups in total. The van der Waals surface area contributed by atoms with E-state index in [-0.39, 0.29) is 5.91 Å². The van der Waals surface area contributed by atoms with E-state index in [1.807, 2.05) is 31.2 Å². The lowest BCUT2D eigenvalue weighted by molar-refractivity contribution is -0.113. The SMILES string of the molecule is COc1cc(OC)cc(-c2nc3n(n2)C(c2ccc(Cl)cc2)C(C(=O)Nc2cccnc2)=C(C)N3)c1. The molecule has 182 valence electrons. The normalized spacial score (nSPS) is 14.6. The Morgan fingerprint density at radius 2 is 1.81 bits per heavy atom. The third-order valence-corrected chi connectivity index (χ3v) is 6.06. The number of nitrogens with one attached hydrogen (secondary N) is 2. The number of hydrogen-bond donors (Lipinski definition) is 2. The van der Waals surface area contributed by atoms with Gasteiger partial charge in [0.1, 0.15) is 17.5 Å². The molecule has 2 aromatic carbocycles. The first-order valence-electron chi connectivity index (χ1n) is 11.1. The van der Waals surface area contributed by atoms with Crippen LogP contribution in [0.4, 0.5) is 11.6 Å². The standard InChI is InChI=1S/C26H23ClN6O3/c1-15-22(25(34)30-19-5-4-10-28-14-19)23(16-6-8-18(27)9-7-16)33-26(29-15)31-24(32-33)17-11-20(35-2)13-21(12-17)36-3/h4-14,23H,1-3H3,(H,30,34)(H,29,31,32). The maximum atomic E-state index is 13.5. The van der Waals surface area contributed by atoms with Gasteiger partial charge in [-0.2, -0.15) is 4.98 Å². The highest BCUT2D eigenvalue weighted by molar-refractivity contribution is 6.30. The van der Waals surface area contributed by atoms with Crippen molar-refractivity contribution in [2.24, 2.45) is 0 Å². The van der Waals surface area contributed by atoms with Crippen LogP contribution in [-0.2, 0) is 4.79 Å². The summed E-state index contributed by atoms with van der Waals surface area (Å²) in [6.07, 6.45) is 3.24. The molecule has 1 amide bonds. The summed E-state index contributed by atoms with van der Waals surface area (Å²) in [5.41, 5.74) is 3.28. The third-order valence-electron chi connectivity index (χ3n) is 5.81. The number of methoxy groups -OCH3 is 2. The van der Waals surface area contributed by atoms with Crippen molar-refractivity contribution < 1.29 is 14.3 Å². The minimum Gasteiger partial charge on any atom is -0.497 e. The predicted octanol–water partition coefficient (Wildman–Crippen LogP) is 4.94. The van der Waals surface area contributed by atoms with Crippen LogP contribution in [0.2, 0.25) is 5.02 Å². The Morgan fingerprint density at radius 3 is 2.44 bits per heavy atom. The highest BCUT2D eigenvalue weighted by Gasteiger charge is 2.34. The minimum absolute atomic E-state index is 0.279. The lowest BCUT2D eigenvalue weighted by atomic mass is 9.95. The van der Waals surface area contributed by atoms with E-state index in [1.165, 1.54) is 0 Å². The summed E-state index contributed by atoms with van der Waals surface area (Å²) >= 11 is 6.16. The first kappa shape index (κ1) is 23.4. The van der Waals surface area contributed by atoms with E-state index in [2.05, 4.69) is 15.6 Å². The molecule has 0 bridgehead atoms. The lowest BCUT2D eigenvalue weighted by Gasteiger charge is -2.28. The summed E-state index contributed by atoms with van der Waals surface area (Å²) in [5.74, 6) is 1.91. The summed E-state index contributed by atoms with van der Waals surface area (Å²) in [6, 6.07) is 15.8. The van der Waals surface area contributed by atoms with Gasteiger partial charge in [-0.25, -0.2) is 4.68 Å². The number of fused-ring (bicyclic) bond motifs is 1. The second-order valence-corrected chi connectivity index (χ2v) is 8.55. The number of allylic oxidation sites excluding steroid dienone is 1. The van der Waals surface area contributed by atoms with Crippen molar-refractivity contribution in [3.05, 3.63) is 88.8 Å². The Labute approximate surface area is 212 Å². The number of rotatable bonds is 6. The van der Waals surface area contributed by atoms with E-state index in [0.29, 0.717) is 50.8 Å². The van der Waals surface area contributed by atoms with E-state index in [9.17, 15) is 4.79 Å². The number of carbonyl (C=O) groups excluding carboxylic acids is 1. The molecular formula is C26H23ClN6O3. The smallest absolute Gasteiger partial charge is 0.255 e. The van der Waals surface area contributed by atoms with Crippen molar-refractivity contribution in [3.8, 4) is 22.9 Å². The van der Waals surface area contributed by atoms with E-state index in [1.54, 1.807) is 61.6 Å². The van der Waals surface area contributed by atoms with Crippen molar-refractivity contribution >= 4 is 29.1 Å². The fourth-order valence-corrected chi connectivity index (χ4v) is 4.22. The molecule has 10 heteroatoms. The Morgan fingerprint density at radius 1 is 1.08 bits per heavy atom. The molecule has 36 heavy (non-hydrogen) atoms. The van der Waals surface area contributed by atoms with Crippen LogP contribution in [0, 0.1) is 0 Å². The van der Waals surface area contributed by atoms with E-state index < -0.39 is 6.04 Å². The molecule has 0 saturated heterocycles. The van der Waals surface area contributed by atoms with Gasteiger partial charge in [0.25, 0.3) is 5.91 Å². The largest absolute Gasteiger partial charge is 0.497 e. The van der Waals surface area contributed by atoms with Gasteiger partial charge < -0.3 is 20.1 Å². The number of carbonyl (C=O) groups is 1. The molecule has 0 spiro atoms. The lowest BCUT2D eigenvalue weighted by Crippen LogP contribution is -2.31. The molecule has 9 nitrogen and oxygen atoms in total. The second-order valence-electron chi connectivity index (χ2n) is 8.12. The van der Waals surface area contributed by atoms with Gasteiger partial charge in [0.15, 0.2) is 5.82 Å². The summed E-state index contributed by atoms with van der Waals surface area (Å²) in [4.78, 5) is 22.3. The van der Waals surface area contributed by atoms with Crippen molar-refractivity contribution in [1.82, 2.24) is 19.7 Å². The van der Waals surface area contributed by atoms with Crippen LogP contribution in [0.1, 0.15) is 18.5 Å². The van der Waals surface area contributed by atoms with Gasteiger partial charge in [-0.3, -0.25) is 9.78 Å². The number of nitrogens with zero attached hydrogens (tertiary/aromatic N) is 4. The molecule has 0 radical (unpaired) electrons.